The van der Waals surface area contributed by atoms with Crippen LogP contribution in [0.25, 0.3) is 0 Å². The third kappa shape index (κ3) is 27.7. The third-order valence-corrected chi connectivity index (χ3v) is 5.29. The van der Waals surface area contributed by atoms with Crippen LogP contribution in [-0.2, 0) is 9.59 Å². The van der Waals surface area contributed by atoms with Gasteiger partial charge in [0.15, 0.2) is 0 Å². The Hall–Kier alpha value is -0.294. The zero-order valence-corrected chi connectivity index (χ0v) is 21.2. The number of carboxylic acids is 2. The maximum absolute atomic E-state index is 10.4. The Bertz CT molecular complexity index is 327. The van der Waals surface area contributed by atoms with Gasteiger partial charge in [0.1, 0.15) is 0 Å². The normalized spacial score (nSPS) is 12.3. The van der Waals surface area contributed by atoms with E-state index >= 15 is 0 Å². The van der Waals surface area contributed by atoms with Crippen LogP contribution >= 0.6 is 0 Å². The fraction of sp³-hybridized carbons (Fsp3) is 0.917. The minimum Gasteiger partial charge on any atom is -0.550 e. The first-order chi connectivity index (χ1) is 13.4. The zero-order chi connectivity index (χ0) is 21.6. The molecule has 0 aliphatic rings. The summed E-state index contributed by atoms with van der Waals surface area (Å²) in [4.78, 5) is 20.8. The van der Waals surface area contributed by atoms with E-state index in [0.29, 0.717) is 0 Å². The molecule has 0 aliphatic carbocycles. The predicted molar refractivity (Wildman–Crippen MR) is 119 cm³/mol. The summed E-state index contributed by atoms with van der Waals surface area (Å²) in [6.45, 7) is 7.88. The first-order valence-electron chi connectivity index (χ1n) is 11.8. The SMILES string of the molecule is CCCCCCCCCC(C)C(=O)[O-].CCCCCCCCCC(C)C(=O)[O-].[Mg+2]. The molecular formula is C24H46MgO4. The predicted octanol–water partition coefficient (Wildman–Crippen LogP) is 4.65. The minimum absolute atomic E-state index is 0. The first-order valence-corrected chi connectivity index (χ1v) is 11.8. The number of unbranched alkanes of at least 4 members (excludes halogenated alkanes) is 12. The molecule has 0 aromatic rings. The quantitative estimate of drug-likeness (QED) is 0.238. The molecule has 0 saturated carbocycles. The van der Waals surface area contributed by atoms with Crippen molar-refractivity contribution in [3.8, 4) is 0 Å². The number of carbonyl (C=O) groups is 2. The van der Waals surface area contributed by atoms with Crippen molar-refractivity contribution in [1.29, 1.82) is 0 Å². The van der Waals surface area contributed by atoms with Crippen molar-refractivity contribution in [3.05, 3.63) is 0 Å². The monoisotopic (exact) mass is 422 g/mol. The van der Waals surface area contributed by atoms with E-state index in [4.69, 9.17) is 0 Å². The fourth-order valence-corrected chi connectivity index (χ4v) is 3.05. The fourth-order valence-electron chi connectivity index (χ4n) is 3.05. The van der Waals surface area contributed by atoms with Crippen LogP contribution in [-0.4, -0.2) is 35.0 Å². The van der Waals surface area contributed by atoms with Crippen LogP contribution < -0.4 is 10.2 Å². The van der Waals surface area contributed by atoms with Gasteiger partial charge in [-0.3, -0.25) is 0 Å². The van der Waals surface area contributed by atoms with Crippen molar-refractivity contribution in [2.24, 2.45) is 11.8 Å². The molecule has 0 amide bonds. The van der Waals surface area contributed by atoms with Crippen LogP contribution in [0.4, 0.5) is 0 Å². The van der Waals surface area contributed by atoms with Gasteiger partial charge in [-0.05, 0) is 24.7 Å². The van der Waals surface area contributed by atoms with Gasteiger partial charge in [0.05, 0.1) is 0 Å². The van der Waals surface area contributed by atoms with E-state index in [1.165, 1.54) is 77.0 Å². The maximum Gasteiger partial charge on any atom is 2.00 e. The van der Waals surface area contributed by atoms with E-state index in [-0.39, 0.29) is 34.9 Å². The van der Waals surface area contributed by atoms with Crippen molar-refractivity contribution >= 4 is 35.0 Å². The molecule has 168 valence electrons. The second kappa shape index (κ2) is 25.7. The molecule has 0 aromatic heterocycles. The summed E-state index contributed by atoms with van der Waals surface area (Å²) in [6.07, 6.45) is 18.9. The number of carboxylic acid groups (broad SMARTS) is 2. The number of carbonyl (C=O) groups excluding carboxylic acids is 2. The molecule has 0 spiro atoms. The molecule has 0 bridgehead atoms. The molecule has 0 aliphatic heterocycles. The second-order valence-corrected chi connectivity index (χ2v) is 8.26. The van der Waals surface area contributed by atoms with Gasteiger partial charge in [-0.2, -0.15) is 0 Å². The second-order valence-electron chi connectivity index (χ2n) is 8.26. The Morgan fingerprint density at radius 1 is 0.552 bits per heavy atom. The third-order valence-electron chi connectivity index (χ3n) is 5.29. The van der Waals surface area contributed by atoms with Gasteiger partial charge in [-0.1, -0.05) is 118 Å². The van der Waals surface area contributed by atoms with E-state index in [2.05, 4.69) is 13.8 Å². The maximum atomic E-state index is 10.4. The Morgan fingerprint density at radius 2 is 0.793 bits per heavy atom. The Kier molecular flexibility index (Phi) is 29.6. The van der Waals surface area contributed by atoms with Crippen LogP contribution in [0, 0.1) is 11.8 Å². The van der Waals surface area contributed by atoms with E-state index in [1.54, 1.807) is 13.8 Å². The van der Waals surface area contributed by atoms with E-state index in [0.717, 1.165) is 25.7 Å². The van der Waals surface area contributed by atoms with Crippen LogP contribution in [0.2, 0.25) is 0 Å². The van der Waals surface area contributed by atoms with Crippen molar-refractivity contribution in [2.75, 3.05) is 0 Å². The summed E-state index contributed by atoms with van der Waals surface area (Å²) in [7, 11) is 0. The molecule has 0 aromatic carbocycles. The van der Waals surface area contributed by atoms with Gasteiger partial charge in [-0.25, -0.2) is 0 Å². The summed E-state index contributed by atoms with van der Waals surface area (Å²) >= 11 is 0. The van der Waals surface area contributed by atoms with E-state index in [9.17, 15) is 19.8 Å². The van der Waals surface area contributed by atoms with Gasteiger partial charge in [0.2, 0.25) is 0 Å². The molecule has 0 rings (SSSR count). The summed E-state index contributed by atoms with van der Waals surface area (Å²) in [5, 5.41) is 20.8. The Balaban J connectivity index is -0.000000451. The molecule has 0 fully saturated rings. The Morgan fingerprint density at radius 3 is 1.03 bits per heavy atom. The molecule has 0 N–H and O–H groups in total. The molecular weight excluding hydrogens is 377 g/mol. The van der Waals surface area contributed by atoms with Crippen LogP contribution in [0.15, 0.2) is 0 Å². The van der Waals surface area contributed by atoms with Crippen molar-refractivity contribution < 1.29 is 19.8 Å². The summed E-state index contributed by atoms with van der Waals surface area (Å²) < 4.78 is 0. The molecule has 2 atom stereocenters. The molecule has 2 unspecified atom stereocenters. The summed E-state index contributed by atoms with van der Waals surface area (Å²) in [5.74, 6) is -2.36. The van der Waals surface area contributed by atoms with E-state index < -0.39 is 11.9 Å². The number of hydrogen-bond acceptors (Lipinski definition) is 4. The first kappa shape index (κ1) is 33.3. The molecule has 0 saturated heterocycles. The average molecular weight is 423 g/mol. The van der Waals surface area contributed by atoms with E-state index in [1.807, 2.05) is 0 Å². The van der Waals surface area contributed by atoms with Crippen molar-refractivity contribution in [2.45, 2.75) is 130 Å². The number of rotatable bonds is 18. The van der Waals surface area contributed by atoms with Gasteiger partial charge < -0.3 is 19.8 Å². The smallest absolute Gasteiger partial charge is 0.550 e. The standard InChI is InChI=1S/2C12H24O2.Mg/c2*1-3-4-5-6-7-8-9-10-11(2)12(13)14;/h2*11H,3-10H2,1-2H3,(H,13,14);/q;;+2/p-2. The van der Waals surface area contributed by atoms with Gasteiger partial charge in [-0.15, -0.1) is 0 Å². The van der Waals surface area contributed by atoms with Crippen LogP contribution in [0.5, 0.6) is 0 Å². The molecule has 4 nitrogen and oxygen atoms in total. The topological polar surface area (TPSA) is 80.3 Å². The van der Waals surface area contributed by atoms with Crippen LogP contribution in [0.3, 0.4) is 0 Å². The molecule has 5 heteroatoms. The van der Waals surface area contributed by atoms with Crippen molar-refractivity contribution in [3.63, 3.8) is 0 Å². The number of hydrogen-bond donors (Lipinski definition) is 0. The molecule has 0 radical (unpaired) electrons. The molecule has 29 heavy (non-hydrogen) atoms. The Labute approximate surface area is 196 Å². The number of aliphatic carboxylic acids is 2. The zero-order valence-electron chi connectivity index (χ0n) is 19.8. The van der Waals surface area contributed by atoms with Crippen molar-refractivity contribution in [1.82, 2.24) is 0 Å². The van der Waals surface area contributed by atoms with Gasteiger partial charge >= 0.3 is 23.1 Å². The minimum atomic E-state index is -0.906. The van der Waals surface area contributed by atoms with Gasteiger partial charge in [0.25, 0.3) is 0 Å². The van der Waals surface area contributed by atoms with Crippen LogP contribution in [0.1, 0.15) is 130 Å². The van der Waals surface area contributed by atoms with Gasteiger partial charge in [0, 0.05) is 11.9 Å². The summed E-state index contributed by atoms with van der Waals surface area (Å²) in [6, 6.07) is 0. The largest absolute Gasteiger partial charge is 2.00 e. The average Bonchev–Trinajstić information content (AvgIpc) is 2.66. The molecule has 0 heterocycles. The summed E-state index contributed by atoms with van der Waals surface area (Å²) in [5.41, 5.74) is 0.